The molecule has 0 saturated carbocycles. The highest BCUT2D eigenvalue weighted by atomic mass is 31.1. The molecule has 0 spiro atoms. The molecule has 0 bridgehead atoms. The van der Waals surface area contributed by atoms with Crippen LogP contribution in [0.3, 0.4) is 0 Å². The molecule has 0 aliphatic rings. The summed E-state index contributed by atoms with van der Waals surface area (Å²) in [6.45, 7) is 2.16. The number of hydrogen-bond acceptors (Lipinski definition) is 2. The molecular formula is C12H16NO2P. The maximum Gasteiger partial charge on any atom is 0.125 e. The zero-order chi connectivity index (χ0) is 11.5. The second kappa shape index (κ2) is 4.86. The molecule has 2 rings (SSSR count). The summed E-state index contributed by atoms with van der Waals surface area (Å²) in [7, 11) is 0.884. The molecule has 0 radical (unpaired) electrons. The number of aromatic hydroxyl groups is 1. The zero-order valence-electron chi connectivity index (χ0n) is 9.25. The van der Waals surface area contributed by atoms with Gasteiger partial charge in [0.2, 0.25) is 0 Å². The monoisotopic (exact) mass is 237 g/mol. The number of rotatable bonds is 4. The molecule has 0 fully saturated rings. The summed E-state index contributed by atoms with van der Waals surface area (Å²) >= 11 is 0. The van der Waals surface area contributed by atoms with Crippen LogP contribution in [0, 0.1) is 0 Å². The lowest BCUT2D eigenvalue weighted by Crippen LogP contribution is -1.93. The molecule has 1 atom stereocenters. The molecule has 86 valence electrons. The number of aromatic amines is 1. The van der Waals surface area contributed by atoms with Crippen molar-refractivity contribution >= 4 is 19.5 Å². The summed E-state index contributed by atoms with van der Waals surface area (Å²) < 4.78 is 0. The molecule has 2 aromatic rings. The molecule has 3 N–H and O–H groups in total. The SMILES string of the molecule is CPCCc1c(CO)[nH]c2cccc(O)c12. The Morgan fingerprint density at radius 3 is 2.88 bits per heavy atom. The molecule has 16 heavy (non-hydrogen) atoms. The van der Waals surface area contributed by atoms with Crippen LogP contribution in [0.2, 0.25) is 0 Å². The second-order valence-corrected chi connectivity index (χ2v) is 5.00. The predicted octanol–water partition coefficient (Wildman–Crippen LogP) is 2.22. The summed E-state index contributed by atoms with van der Waals surface area (Å²) in [6, 6.07) is 5.42. The highest BCUT2D eigenvalue weighted by molar-refractivity contribution is 7.36. The van der Waals surface area contributed by atoms with Crippen LogP contribution in [0.25, 0.3) is 10.9 Å². The van der Waals surface area contributed by atoms with E-state index >= 15 is 0 Å². The normalized spacial score (nSPS) is 11.9. The third-order valence-electron chi connectivity index (χ3n) is 2.78. The van der Waals surface area contributed by atoms with Crippen molar-refractivity contribution in [2.24, 2.45) is 0 Å². The van der Waals surface area contributed by atoms with Gasteiger partial charge in [-0.1, -0.05) is 6.07 Å². The lowest BCUT2D eigenvalue weighted by Gasteiger charge is -2.02. The average Bonchev–Trinajstić information content (AvgIpc) is 2.65. The van der Waals surface area contributed by atoms with Crippen molar-refractivity contribution in [1.29, 1.82) is 0 Å². The predicted molar refractivity (Wildman–Crippen MR) is 68.7 cm³/mol. The third kappa shape index (κ3) is 1.93. The first-order chi connectivity index (χ1) is 7.77. The standard InChI is InChI=1S/C12H16NO2P/c1-16-6-5-8-10(7-14)13-9-3-2-4-11(15)12(8)9/h2-4,13-16H,5-7H2,1H3. The number of fused-ring (bicyclic) bond motifs is 1. The van der Waals surface area contributed by atoms with Crippen molar-refractivity contribution in [2.45, 2.75) is 13.0 Å². The fourth-order valence-corrected chi connectivity index (χ4v) is 2.51. The summed E-state index contributed by atoms with van der Waals surface area (Å²) in [5, 5.41) is 20.0. The van der Waals surface area contributed by atoms with Crippen LogP contribution >= 0.6 is 8.58 Å². The number of hydrogen-bond donors (Lipinski definition) is 3. The third-order valence-corrected chi connectivity index (χ3v) is 3.53. The summed E-state index contributed by atoms with van der Waals surface area (Å²) in [6.07, 6.45) is 2.00. The van der Waals surface area contributed by atoms with Crippen LogP contribution in [0.4, 0.5) is 0 Å². The number of phenols is 1. The van der Waals surface area contributed by atoms with Gasteiger partial charge in [0, 0.05) is 16.6 Å². The second-order valence-electron chi connectivity index (χ2n) is 3.79. The minimum Gasteiger partial charge on any atom is -0.507 e. The zero-order valence-corrected chi connectivity index (χ0v) is 10.2. The lowest BCUT2D eigenvalue weighted by molar-refractivity contribution is 0.276. The van der Waals surface area contributed by atoms with Crippen LogP contribution in [0.15, 0.2) is 18.2 Å². The van der Waals surface area contributed by atoms with Gasteiger partial charge in [0.25, 0.3) is 0 Å². The van der Waals surface area contributed by atoms with Crippen molar-refractivity contribution in [3.63, 3.8) is 0 Å². The van der Waals surface area contributed by atoms with Gasteiger partial charge in [0.15, 0.2) is 0 Å². The fraction of sp³-hybridized carbons (Fsp3) is 0.333. The summed E-state index contributed by atoms with van der Waals surface area (Å²) in [4.78, 5) is 3.16. The summed E-state index contributed by atoms with van der Waals surface area (Å²) in [5.74, 6) is 0.294. The van der Waals surface area contributed by atoms with Crippen LogP contribution in [-0.4, -0.2) is 28.0 Å². The Labute approximate surface area is 96.3 Å². The van der Waals surface area contributed by atoms with Crippen molar-refractivity contribution in [3.05, 3.63) is 29.5 Å². The van der Waals surface area contributed by atoms with Gasteiger partial charge in [0.05, 0.1) is 6.61 Å². The molecule has 0 aliphatic heterocycles. The van der Waals surface area contributed by atoms with Gasteiger partial charge in [-0.15, -0.1) is 8.58 Å². The van der Waals surface area contributed by atoms with E-state index in [9.17, 15) is 10.2 Å². The molecular weight excluding hydrogens is 221 g/mol. The van der Waals surface area contributed by atoms with Crippen molar-refractivity contribution < 1.29 is 10.2 Å². The van der Waals surface area contributed by atoms with Crippen molar-refractivity contribution in [3.8, 4) is 5.75 Å². The van der Waals surface area contributed by atoms with Gasteiger partial charge >= 0.3 is 0 Å². The molecule has 0 aliphatic carbocycles. The minimum absolute atomic E-state index is 0.00369. The van der Waals surface area contributed by atoms with E-state index in [0.29, 0.717) is 5.75 Å². The first kappa shape index (κ1) is 11.4. The molecule has 0 saturated heterocycles. The number of nitrogens with one attached hydrogen (secondary N) is 1. The van der Waals surface area contributed by atoms with Crippen LogP contribution in [-0.2, 0) is 13.0 Å². The Morgan fingerprint density at radius 2 is 2.19 bits per heavy atom. The Morgan fingerprint density at radius 1 is 1.38 bits per heavy atom. The molecule has 4 heteroatoms. The van der Waals surface area contributed by atoms with E-state index in [4.69, 9.17) is 0 Å². The molecule has 1 aromatic carbocycles. The van der Waals surface area contributed by atoms with Gasteiger partial charge in [-0.3, -0.25) is 0 Å². The van der Waals surface area contributed by atoms with E-state index in [1.165, 1.54) is 0 Å². The average molecular weight is 237 g/mol. The first-order valence-electron chi connectivity index (χ1n) is 5.34. The van der Waals surface area contributed by atoms with Crippen molar-refractivity contribution in [1.82, 2.24) is 4.98 Å². The number of phenolic OH excluding ortho intramolecular Hbond substituents is 1. The molecule has 1 heterocycles. The Balaban J connectivity index is 2.56. The number of benzene rings is 1. The van der Waals surface area contributed by atoms with E-state index in [-0.39, 0.29) is 6.61 Å². The van der Waals surface area contributed by atoms with Gasteiger partial charge < -0.3 is 15.2 Å². The van der Waals surface area contributed by atoms with E-state index in [2.05, 4.69) is 11.6 Å². The minimum atomic E-state index is -0.00369. The number of aliphatic hydroxyl groups is 1. The Kier molecular flexibility index (Phi) is 3.47. The largest absolute Gasteiger partial charge is 0.507 e. The fourth-order valence-electron chi connectivity index (χ4n) is 2.01. The van der Waals surface area contributed by atoms with Crippen LogP contribution in [0.5, 0.6) is 5.75 Å². The highest BCUT2D eigenvalue weighted by Crippen LogP contribution is 2.31. The van der Waals surface area contributed by atoms with E-state index in [0.717, 1.165) is 43.3 Å². The molecule has 1 unspecified atom stereocenters. The number of aromatic nitrogens is 1. The van der Waals surface area contributed by atoms with Gasteiger partial charge in [-0.05, 0) is 36.9 Å². The molecule has 3 nitrogen and oxygen atoms in total. The van der Waals surface area contributed by atoms with Gasteiger partial charge in [-0.25, -0.2) is 0 Å². The number of aliphatic hydroxyl groups excluding tert-OH is 1. The van der Waals surface area contributed by atoms with Crippen LogP contribution in [0.1, 0.15) is 11.3 Å². The van der Waals surface area contributed by atoms with Gasteiger partial charge in [0.1, 0.15) is 5.75 Å². The number of aryl methyl sites for hydroxylation is 1. The van der Waals surface area contributed by atoms with Crippen molar-refractivity contribution in [2.75, 3.05) is 12.8 Å². The van der Waals surface area contributed by atoms with E-state index < -0.39 is 0 Å². The number of H-pyrrole nitrogens is 1. The quantitative estimate of drug-likeness (QED) is 0.714. The van der Waals surface area contributed by atoms with Gasteiger partial charge in [-0.2, -0.15) is 0 Å². The Hall–Kier alpha value is -1.05. The summed E-state index contributed by atoms with van der Waals surface area (Å²) in [5.41, 5.74) is 2.79. The topological polar surface area (TPSA) is 56.2 Å². The maximum atomic E-state index is 9.86. The highest BCUT2D eigenvalue weighted by Gasteiger charge is 2.13. The molecule has 1 aromatic heterocycles. The molecule has 0 amide bonds. The van der Waals surface area contributed by atoms with Crippen LogP contribution < -0.4 is 0 Å². The van der Waals surface area contributed by atoms with E-state index in [1.807, 2.05) is 6.07 Å². The lowest BCUT2D eigenvalue weighted by atomic mass is 10.1. The van der Waals surface area contributed by atoms with E-state index in [1.54, 1.807) is 12.1 Å². The maximum absolute atomic E-state index is 9.86. The Bertz CT molecular complexity index is 493. The first-order valence-corrected chi connectivity index (χ1v) is 7.05. The smallest absolute Gasteiger partial charge is 0.125 e.